The minimum absolute atomic E-state index is 0.00458. The molecule has 0 fully saturated rings. The third-order valence-electron chi connectivity index (χ3n) is 3.29. The zero-order valence-electron chi connectivity index (χ0n) is 12.9. The van der Waals surface area contributed by atoms with Gasteiger partial charge in [-0.15, -0.1) is 0 Å². The molecule has 0 atom stereocenters. The van der Waals surface area contributed by atoms with Gasteiger partial charge in [0.05, 0.1) is 22.7 Å². The molecule has 2 rings (SSSR count). The van der Waals surface area contributed by atoms with Crippen LogP contribution in [0.3, 0.4) is 0 Å². The number of benzene rings is 2. The summed E-state index contributed by atoms with van der Waals surface area (Å²) in [5.41, 5.74) is 0.990. The molecule has 2 aromatic carbocycles. The lowest BCUT2D eigenvalue weighted by Crippen LogP contribution is -1.98. The van der Waals surface area contributed by atoms with E-state index in [-0.39, 0.29) is 27.3 Å². The van der Waals surface area contributed by atoms with E-state index < -0.39 is 5.97 Å². The Bertz CT molecular complexity index is 718. The van der Waals surface area contributed by atoms with E-state index in [0.717, 1.165) is 11.3 Å². The van der Waals surface area contributed by atoms with Gasteiger partial charge in [0.15, 0.2) is 5.75 Å². The van der Waals surface area contributed by atoms with E-state index in [1.54, 1.807) is 19.2 Å². The van der Waals surface area contributed by atoms with Crippen LogP contribution in [0.25, 0.3) is 0 Å². The van der Waals surface area contributed by atoms with Gasteiger partial charge in [0.2, 0.25) is 0 Å². The van der Waals surface area contributed by atoms with Crippen LogP contribution < -0.4 is 9.47 Å². The van der Waals surface area contributed by atoms with E-state index >= 15 is 0 Å². The second kappa shape index (κ2) is 7.11. The van der Waals surface area contributed by atoms with Gasteiger partial charge in [-0.25, -0.2) is 4.79 Å². The minimum Gasteiger partial charge on any atom is -0.496 e. The van der Waals surface area contributed by atoms with Crippen LogP contribution in [0.5, 0.6) is 17.2 Å². The third kappa shape index (κ3) is 3.89. The molecule has 0 saturated heterocycles. The maximum absolute atomic E-state index is 11.0. The number of carboxylic acid groups (broad SMARTS) is 1. The van der Waals surface area contributed by atoms with Crippen molar-refractivity contribution in [1.82, 2.24) is 0 Å². The number of carboxylic acids is 1. The number of rotatable bonds is 5. The minimum atomic E-state index is -1.10. The van der Waals surface area contributed by atoms with Gasteiger partial charge in [0.25, 0.3) is 0 Å². The predicted molar refractivity (Wildman–Crippen MR) is 90.6 cm³/mol. The molecule has 0 bridgehead atoms. The fourth-order valence-electron chi connectivity index (χ4n) is 2.13. The zero-order chi connectivity index (χ0) is 17.1. The van der Waals surface area contributed by atoms with Crippen LogP contribution in [0.4, 0.5) is 0 Å². The van der Waals surface area contributed by atoms with Crippen molar-refractivity contribution >= 4 is 29.2 Å². The van der Waals surface area contributed by atoms with E-state index in [1.165, 1.54) is 12.1 Å². The quantitative estimate of drug-likeness (QED) is 0.757. The van der Waals surface area contributed by atoms with Crippen LogP contribution in [-0.4, -0.2) is 18.2 Å². The number of methoxy groups -OCH3 is 1. The van der Waals surface area contributed by atoms with Gasteiger partial charge in [0.1, 0.15) is 11.5 Å². The topological polar surface area (TPSA) is 55.8 Å². The molecule has 0 aliphatic heterocycles. The average Bonchev–Trinajstić information content (AvgIpc) is 2.50. The summed E-state index contributed by atoms with van der Waals surface area (Å²) in [7, 11) is 1.61. The SMILES string of the molecule is COc1ccc(Oc2c(Cl)cc(C(=O)O)cc2Cl)cc1C(C)C. The smallest absolute Gasteiger partial charge is 0.335 e. The molecule has 23 heavy (non-hydrogen) atoms. The van der Waals surface area contributed by atoms with Gasteiger partial charge in [-0.2, -0.15) is 0 Å². The summed E-state index contributed by atoms with van der Waals surface area (Å²) < 4.78 is 11.1. The van der Waals surface area contributed by atoms with Gasteiger partial charge in [-0.05, 0) is 36.2 Å². The fourth-order valence-corrected chi connectivity index (χ4v) is 2.69. The van der Waals surface area contributed by atoms with Crippen LogP contribution in [0.2, 0.25) is 10.0 Å². The molecule has 0 aliphatic rings. The Balaban J connectivity index is 2.40. The third-order valence-corrected chi connectivity index (χ3v) is 3.85. The van der Waals surface area contributed by atoms with Crippen molar-refractivity contribution in [3.63, 3.8) is 0 Å². The maximum atomic E-state index is 11.0. The molecule has 0 spiro atoms. The monoisotopic (exact) mass is 354 g/mol. The summed E-state index contributed by atoms with van der Waals surface area (Å²) >= 11 is 12.2. The summed E-state index contributed by atoms with van der Waals surface area (Å²) in [6.45, 7) is 4.09. The Morgan fingerprint density at radius 1 is 1.13 bits per heavy atom. The first-order valence-corrected chi connectivity index (χ1v) is 7.67. The second-order valence-electron chi connectivity index (χ2n) is 5.23. The van der Waals surface area contributed by atoms with Crippen LogP contribution >= 0.6 is 23.2 Å². The first-order valence-electron chi connectivity index (χ1n) is 6.91. The first kappa shape index (κ1) is 17.4. The maximum Gasteiger partial charge on any atom is 0.335 e. The summed E-state index contributed by atoms with van der Waals surface area (Å²) in [6.07, 6.45) is 0. The van der Waals surface area contributed by atoms with Crippen molar-refractivity contribution in [3.05, 3.63) is 51.5 Å². The van der Waals surface area contributed by atoms with Gasteiger partial charge in [-0.1, -0.05) is 37.0 Å². The summed E-state index contributed by atoms with van der Waals surface area (Å²) in [6, 6.07) is 8.00. The highest BCUT2D eigenvalue weighted by Crippen LogP contribution is 2.39. The highest BCUT2D eigenvalue weighted by atomic mass is 35.5. The van der Waals surface area contributed by atoms with Crippen molar-refractivity contribution in [1.29, 1.82) is 0 Å². The molecule has 122 valence electrons. The Hall–Kier alpha value is -1.91. The molecular formula is C17H16Cl2O4. The largest absolute Gasteiger partial charge is 0.496 e. The Labute approximate surface area is 144 Å². The summed E-state index contributed by atoms with van der Waals surface area (Å²) in [5.74, 6) is 0.672. The summed E-state index contributed by atoms with van der Waals surface area (Å²) in [5, 5.41) is 9.27. The first-order chi connectivity index (χ1) is 10.8. The van der Waals surface area contributed by atoms with Gasteiger partial charge >= 0.3 is 5.97 Å². The van der Waals surface area contributed by atoms with E-state index in [2.05, 4.69) is 0 Å². The number of hydrogen-bond acceptors (Lipinski definition) is 3. The lowest BCUT2D eigenvalue weighted by Gasteiger charge is -2.15. The molecule has 0 aliphatic carbocycles. The summed E-state index contributed by atoms with van der Waals surface area (Å²) in [4.78, 5) is 11.0. The van der Waals surface area contributed by atoms with Crippen molar-refractivity contribution < 1.29 is 19.4 Å². The zero-order valence-corrected chi connectivity index (χ0v) is 14.4. The molecule has 4 nitrogen and oxygen atoms in total. The average molecular weight is 355 g/mol. The Morgan fingerprint density at radius 3 is 2.22 bits per heavy atom. The van der Waals surface area contributed by atoms with Gasteiger partial charge in [-0.3, -0.25) is 0 Å². The Kier molecular flexibility index (Phi) is 5.39. The van der Waals surface area contributed by atoms with Crippen LogP contribution in [0.15, 0.2) is 30.3 Å². The van der Waals surface area contributed by atoms with Crippen molar-refractivity contribution in [3.8, 4) is 17.2 Å². The molecule has 0 radical (unpaired) electrons. The van der Waals surface area contributed by atoms with E-state index in [4.69, 9.17) is 37.8 Å². The van der Waals surface area contributed by atoms with E-state index in [9.17, 15) is 4.79 Å². The Morgan fingerprint density at radius 2 is 1.74 bits per heavy atom. The number of halogens is 2. The molecule has 0 aromatic heterocycles. The van der Waals surface area contributed by atoms with Crippen molar-refractivity contribution in [2.24, 2.45) is 0 Å². The molecule has 6 heteroatoms. The lowest BCUT2D eigenvalue weighted by molar-refractivity contribution is 0.0697. The molecule has 0 unspecified atom stereocenters. The molecule has 0 heterocycles. The van der Waals surface area contributed by atoms with Crippen molar-refractivity contribution in [2.75, 3.05) is 7.11 Å². The van der Waals surface area contributed by atoms with Crippen molar-refractivity contribution in [2.45, 2.75) is 19.8 Å². The van der Waals surface area contributed by atoms with Gasteiger partial charge < -0.3 is 14.6 Å². The van der Waals surface area contributed by atoms with E-state index in [0.29, 0.717) is 5.75 Å². The highest BCUT2D eigenvalue weighted by Gasteiger charge is 2.15. The molecule has 2 aromatic rings. The number of carbonyl (C=O) groups is 1. The predicted octanol–water partition coefficient (Wildman–Crippen LogP) is 5.62. The van der Waals surface area contributed by atoms with Crippen LogP contribution in [-0.2, 0) is 0 Å². The second-order valence-corrected chi connectivity index (χ2v) is 6.05. The fraction of sp³-hybridized carbons (Fsp3) is 0.235. The lowest BCUT2D eigenvalue weighted by atomic mass is 10.0. The van der Waals surface area contributed by atoms with Gasteiger partial charge in [0, 0.05) is 5.56 Å². The van der Waals surface area contributed by atoms with E-state index in [1.807, 2.05) is 19.9 Å². The van der Waals surface area contributed by atoms with Crippen LogP contribution in [0, 0.1) is 0 Å². The highest BCUT2D eigenvalue weighted by molar-refractivity contribution is 6.37. The van der Waals surface area contributed by atoms with Crippen LogP contribution in [0.1, 0.15) is 35.7 Å². The number of ether oxygens (including phenoxy) is 2. The molecular weight excluding hydrogens is 339 g/mol. The molecule has 0 amide bonds. The number of aromatic carboxylic acids is 1. The molecule has 0 saturated carbocycles. The number of hydrogen-bond donors (Lipinski definition) is 1. The normalized spacial score (nSPS) is 10.7. The molecule has 1 N–H and O–H groups in total. The standard InChI is InChI=1S/C17H16Cl2O4/c1-9(2)12-8-11(4-5-15(12)22-3)23-16-13(18)6-10(17(20)21)7-14(16)19/h4-9H,1-3H3,(H,20,21).